The normalized spacial score (nSPS) is 21.1. The highest BCUT2D eigenvalue weighted by atomic mass is 35.5. The first-order valence-corrected chi connectivity index (χ1v) is 6.07. The highest BCUT2D eigenvalue weighted by molar-refractivity contribution is 6.34. The van der Waals surface area contributed by atoms with Crippen molar-refractivity contribution >= 4 is 36.0 Å². The standard InChI is InChI=1S/C13H13ClN2O.ClH/c1-2-8-5-9-11-7-15-3-4-16(11)13(17)12(9)10(14)6-8;/h2,5-6,11,15H,1,3-4,7H2;1H/t11-;/m0./s1. The Morgan fingerprint density at radius 3 is 3.00 bits per heavy atom. The summed E-state index contributed by atoms with van der Waals surface area (Å²) in [6.07, 6.45) is 1.76. The van der Waals surface area contributed by atoms with Crippen LogP contribution in [-0.2, 0) is 0 Å². The van der Waals surface area contributed by atoms with Crippen molar-refractivity contribution in [1.82, 2.24) is 10.2 Å². The minimum absolute atomic E-state index is 0. The van der Waals surface area contributed by atoms with Crippen LogP contribution >= 0.6 is 24.0 Å². The SMILES string of the molecule is C=Cc1cc(Cl)c2c(c1)[C@@H]1CNCCN1C2=O.Cl. The van der Waals surface area contributed by atoms with Crippen LogP contribution < -0.4 is 5.32 Å². The van der Waals surface area contributed by atoms with Crippen LogP contribution in [0.15, 0.2) is 18.7 Å². The Morgan fingerprint density at radius 1 is 1.50 bits per heavy atom. The van der Waals surface area contributed by atoms with Crippen LogP contribution in [0.2, 0.25) is 5.02 Å². The van der Waals surface area contributed by atoms with Gasteiger partial charge in [0.05, 0.1) is 16.6 Å². The Labute approximate surface area is 117 Å². The molecule has 1 aromatic carbocycles. The number of hydrogen-bond donors (Lipinski definition) is 1. The van der Waals surface area contributed by atoms with Crippen molar-refractivity contribution in [3.63, 3.8) is 0 Å². The molecule has 0 saturated carbocycles. The highest BCUT2D eigenvalue weighted by Gasteiger charge is 2.39. The molecule has 5 heteroatoms. The van der Waals surface area contributed by atoms with Crippen LogP contribution in [0.3, 0.4) is 0 Å². The third-order valence-corrected chi connectivity index (χ3v) is 3.75. The van der Waals surface area contributed by atoms with Gasteiger partial charge in [0, 0.05) is 19.6 Å². The van der Waals surface area contributed by atoms with Crippen LogP contribution in [0.4, 0.5) is 0 Å². The minimum atomic E-state index is 0. The molecule has 1 atom stereocenters. The van der Waals surface area contributed by atoms with E-state index in [1.54, 1.807) is 12.1 Å². The van der Waals surface area contributed by atoms with Gasteiger partial charge in [0.15, 0.2) is 0 Å². The fraction of sp³-hybridized carbons (Fsp3) is 0.308. The quantitative estimate of drug-likeness (QED) is 0.860. The fourth-order valence-electron chi connectivity index (χ4n) is 2.62. The molecule has 18 heavy (non-hydrogen) atoms. The molecule has 1 amide bonds. The summed E-state index contributed by atoms with van der Waals surface area (Å²) in [7, 11) is 0. The average molecular weight is 285 g/mol. The van der Waals surface area contributed by atoms with Crippen molar-refractivity contribution < 1.29 is 4.79 Å². The summed E-state index contributed by atoms with van der Waals surface area (Å²) < 4.78 is 0. The van der Waals surface area contributed by atoms with Gasteiger partial charge in [-0.25, -0.2) is 0 Å². The molecule has 3 nitrogen and oxygen atoms in total. The van der Waals surface area contributed by atoms with E-state index in [4.69, 9.17) is 11.6 Å². The fourth-order valence-corrected chi connectivity index (χ4v) is 2.94. The molecule has 2 aliphatic rings. The number of rotatable bonds is 1. The molecular formula is C13H14Cl2N2O. The molecule has 0 bridgehead atoms. The lowest BCUT2D eigenvalue weighted by Gasteiger charge is -2.30. The average Bonchev–Trinajstić information content (AvgIpc) is 2.64. The van der Waals surface area contributed by atoms with Gasteiger partial charge in [-0.2, -0.15) is 0 Å². The molecule has 0 aromatic heterocycles. The minimum Gasteiger partial charge on any atom is -0.329 e. The lowest BCUT2D eigenvalue weighted by Crippen LogP contribution is -2.44. The number of amides is 1. The highest BCUT2D eigenvalue weighted by Crippen LogP contribution is 2.38. The second-order valence-corrected chi connectivity index (χ2v) is 4.80. The number of hydrogen-bond acceptors (Lipinski definition) is 2. The number of benzene rings is 1. The number of carbonyl (C=O) groups excluding carboxylic acids is 1. The van der Waals surface area contributed by atoms with Gasteiger partial charge in [0.2, 0.25) is 0 Å². The number of piperazine rings is 1. The summed E-state index contributed by atoms with van der Waals surface area (Å²) >= 11 is 6.20. The molecule has 96 valence electrons. The Bertz CT molecular complexity index is 516. The summed E-state index contributed by atoms with van der Waals surface area (Å²) in [5.74, 6) is 0.0621. The molecule has 1 aromatic rings. The van der Waals surface area contributed by atoms with E-state index in [1.807, 2.05) is 11.0 Å². The molecule has 0 unspecified atom stereocenters. The Balaban J connectivity index is 0.00000120. The van der Waals surface area contributed by atoms with E-state index in [9.17, 15) is 4.79 Å². The molecule has 1 N–H and O–H groups in total. The van der Waals surface area contributed by atoms with E-state index in [-0.39, 0.29) is 24.4 Å². The van der Waals surface area contributed by atoms with Crippen LogP contribution in [-0.4, -0.2) is 30.4 Å². The molecule has 0 aliphatic carbocycles. The van der Waals surface area contributed by atoms with E-state index < -0.39 is 0 Å². The Hall–Kier alpha value is -1.03. The Kier molecular flexibility index (Phi) is 3.66. The second kappa shape index (κ2) is 4.92. The third kappa shape index (κ3) is 1.83. The van der Waals surface area contributed by atoms with Crippen molar-refractivity contribution in [2.75, 3.05) is 19.6 Å². The zero-order valence-corrected chi connectivity index (χ0v) is 11.4. The largest absolute Gasteiger partial charge is 0.329 e. The third-order valence-electron chi connectivity index (χ3n) is 3.46. The van der Waals surface area contributed by atoms with Crippen molar-refractivity contribution in [2.45, 2.75) is 6.04 Å². The lowest BCUT2D eigenvalue weighted by molar-refractivity contribution is 0.0691. The van der Waals surface area contributed by atoms with Gasteiger partial charge in [-0.1, -0.05) is 24.3 Å². The smallest absolute Gasteiger partial charge is 0.256 e. The lowest BCUT2D eigenvalue weighted by atomic mass is 10.0. The van der Waals surface area contributed by atoms with Crippen LogP contribution in [0, 0.1) is 0 Å². The van der Waals surface area contributed by atoms with Crippen LogP contribution in [0.25, 0.3) is 6.08 Å². The van der Waals surface area contributed by atoms with E-state index in [2.05, 4.69) is 11.9 Å². The van der Waals surface area contributed by atoms with E-state index in [0.717, 1.165) is 30.8 Å². The molecule has 0 spiro atoms. The molecule has 2 aliphatic heterocycles. The molecule has 2 heterocycles. The first-order valence-electron chi connectivity index (χ1n) is 5.70. The maximum absolute atomic E-state index is 12.2. The number of carbonyl (C=O) groups is 1. The predicted octanol–water partition coefficient (Wildman–Crippen LogP) is 2.50. The summed E-state index contributed by atoms with van der Waals surface area (Å²) in [5.41, 5.74) is 2.67. The maximum atomic E-state index is 12.2. The maximum Gasteiger partial charge on any atom is 0.256 e. The van der Waals surface area contributed by atoms with Gasteiger partial charge in [-0.05, 0) is 23.3 Å². The van der Waals surface area contributed by atoms with Crippen molar-refractivity contribution in [3.05, 3.63) is 40.4 Å². The van der Waals surface area contributed by atoms with Gasteiger partial charge >= 0.3 is 0 Å². The van der Waals surface area contributed by atoms with E-state index >= 15 is 0 Å². The number of halogens is 2. The molecule has 1 saturated heterocycles. The predicted molar refractivity (Wildman–Crippen MR) is 75.4 cm³/mol. The summed E-state index contributed by atoms with van der Waals surface area (Å²) in [4.78, 5) is 14.1. The van der Waals surface area contributed by atoms with Gasteiger partial charge in [0.25, 0.3) is 5.91 Å². The monoisotopic (exact) mass is 284 g/mol. The molecule has 0 radical (unpaired) electrons. The molecule has 3 rings (SSSR count). The van der Waals surface area contributed by atoms with Gasteiger partial charge in [0.1, 0.15) is 0 Å². The first-order chi connectivity index (χ1) is 8.22. The van der Waals surface area contributed by atoms with E-state index in [1.165, 1.54) is 0 Å². The van der Waals surface area contributed by atoms with Gasteiger partial charge in [-0.3, -0.25) is 4.79 Å². The zero-order valence-electron chi connectivity index (χ0n) is 9.78. The number of fused-ring (bicyclic) bond motifs is 3. The Morgan fingerprint density at radius 2 is 2.28 bits per heavy atom. The zero-order chi connectivity index (χ0) is 12.0. The first kappa shape index (κ1) is 13.4. The van der Waals surface area contributed by atoms with E-state index in [0.29, 0.717) is 10.6 Å². The van der Waals surface area contributed by atoms with Gasteiger partial charge in [-0.15, -0.1) is 12.4 Å². The van der Waals surface area contributed by atoms with Crippen molar-refractivity contribution in [3.8, 4) is 0 Å². The summed E-state index contributed by atoms with van der Waals surface area (Å²) in [6, 6.07) is 3.95. The summed E-state index contributed by atoms with van der Waals surface area (Å²) in [5, 5.41) is 3.85. The summed E-state index contributed by atoms with van der Waals surface area (Å²) in [6.45, 7) is 6.15. The van der Waals surface area contributed by atoms with Gasteiger partial charge < -0.3 is 10.2 Å². The van der Waals surface area contributed by atoms with Crippen molar-refractivity contribution in [1.29, 1.82) is 0 Å². The molecular weight excluding hydrogens is 271 g/mol. The number of nitrogens with one attached hydrogen (secondary N) is 1. The second-order valence-electron chi connectivity index (χ2n) is 4.39. The van der Waals surface area contributed by atoms with Crippen molar-refractivity contribution in [2.24, 2.45) is 0 Å². The topological polar surface area (TPSA) is 32.3 Å². The molecule has 1 fully saturated rings. The van der Waals surface area contributed by atoms with Crippen LogP contribution in [0.5, 0.6) is 0 Å². The van der Waals surface area contributed by atoms with Crippen LogP contribution in [0.1, 0.15) is 27.5 Å². The number of nitrogens with zero attached hydrogens (tertiary/aromatic N) is 1.